The van der Waals surface area contributed by atoms with Gasteiger partial charge in [-0.3, -0.25) is 0 Å². The first kappa shape index (κ1) is 33.8. The zero-order chi connectivity index (χ0) is 32.2. The van der Waals surface area contributed by atoms with E-state index in [1.54, 1.807) is 23.5 Å². The van der Waals surface area contributed by atoms with Crippen molar-refractivity contribution in [3.63, 3.8) is 0 Å². The molecule has 1 heterocycles. The number of carbonyl (C=O) groups is 1. The minimum Gasteiger partial charge on any atom is -0.458 e. The Morgan fingerprint density at radius 2 is 1.22 bits per heavy atom. The molecule has 1 aromatic rings. The van der Waals surface area contributed by atoms with E-state index in [0.717, 1.165) is 98.2 Å². The van der Waals surface area contributed by atoms with Crippen molar-refractivity contribution in [3.05, 3.63) is 45.0 Å². The van der Waals surface area contributed by atoms with Crippen LogP contribution in [0, 0.1) is 75.6 Å². The predicted octanol–water partition coefficient (Wildman–Crippen LogP) is 10.2. The third-order valence-corrected chi connectivity index (χ3v) is 15.1. The standard InChI is InChI=1S/C37H45F3N2O2S2/c38-32-17-29(18-33(39)35(32)40)27-7-5-24(6-8-27)26-13-15-30(16-14-26)44-36(43)31(20-42)37-45-21-34(46-37)28-11-9-25(10-12-28)23-3-1-22(19-41)2-4-23/h17-18,22-28,30,34H,1-16,21H2/b37-31-. The van der Waals surface area contributed by atoms with Crippen molar-refractivity contribution >= 4 is 29.5 Å². The topological polar surface area (TPSA) is 73.9 Å². The summed E-state index contributed by atoms with van der Waals surface area (Å²) in [6.07, 6.45) is 16.5. The lowest BCUT2D eigenvalue weighted by atomic mass is 9.69. The van der Waals surface area contributed by atoms with Gasteiger partial charge in [0.15, 0.2) is 23.0 Å². The molecule has 0 bridgehead atoms. The van der Waals surface area contributed by atoms with E-state index in [1.807, 2.05) is 0 Å². The summed E-state index contributed by atoms with van der Waals surface area (Å²) in [5.41, 5.74) is 0.727. The second kappa shape index (κ2) is 15.4. The molecule has 0 N–H and O–H groups in total. The minimum absolute atomic E-state index is 0.0531. The SMILES string of the molecule is N#C/C(C(=O)OC1CCC(C2CCC(c3cc(F)c(F)c(F)c3)CC2)CC1)=C1\SCC(C2CCC(C3CCC(C#N)CC3)CC2)S1. The average Bonchev–Trinajstić information content (AvgIpc) is 3.58. The first-order chi connectivity index (χ1) is 22.3. The maximum absolute atomic E-state index is 13.7. The molecule has 0 spiro atoms. The predicted molar refractivity (Wildman–Crippen MR) is 176 cm³/mol. The molecule has 46 heavy (non-hydrogen) atoms. The van der Waals surface area contributed by atoms with E-state index in [1.165, 1.54) is 38.5 Å². The highest BCUT2D eigenvalue weighted by Gasteiger charge is 2.38. The van der Waals surface area contributed by atoms with E-state index in [0.29, 0.717) is 28.6 Å². The maximum Gasteiger partial charge on any atom is 0.350 e. The summed E-state index contributed by atoms with van der Waals surface area (Å²) in [5.74, 6) is 0.420. The van der Waals surface area contributed by atoms with E-state index in [-0.39, 0.29) is 23.5 Å². The number of ether oxygens (including phenoxy) is 1. The molecule has 6 rings (SSSR count). The lowest BCUT2D eigenvalue weighted by Gasteiger charge is -2.38. The summed E-state index contributed by atoms with van der Waals surface area (Å²) in [7, 11) is 0. The number of halogens is 3. The van der Waals surface area contributed by atoms with Crippen LogP contribution in [0.4, 0.5) is 13.2 Å². The summed E-state index contributed by atoms with van der Waals surface area (Å²) in [5, 5.41) is 19.6. The number of benzene rings is 1. The van der Waals surface area contributed by atoms with Gasteiger partial charge >= 0.3 is 5.97 Å². The number of nitrogens with zero attached hydrogens (tertiary/aromatic N) is 2. The Morgan fingerprint density at radius 3 is 1.76 bits per heavy atom. The summed E-state index contributed by atoms with van der Waals surface area (Å²) >= 11 is 3.37. The molecule has 4 nitrogen and oxygen atoms in total. The zero-order valence-corrected chi connectivity index (χ0v) is 28.2. The van der Waals surface area contributed by atoms with E-state index in [4.69, 9.17) is 4.74 Å². The second-order valence-corrected chi connectivity index (χ2v) is 17.0. The molecule has 9 heteroatoms. The Labute approximate surface area is 280 Å². The van der Waals surface area contributed by atoms with Gasteiger partial charge in [0, 0.05) is 16.9 Å². The molecule has 5 fully saturated rings. The Bertz CT molecular complexity index is 1330. The number of nitriles is 2. The fourth-order valence-electron chi connectivity index (χ4n) is 9.23. The Balaban J connectivity index is 0.930. The molecule has 248 valence electrons. The van der Waals surface area contributed by atoms with Crippen LogP contribution in [0.5, 0.6) is 0 Å². The summed E-state index contributed by atoms with van der Waals surface area (Å²) < 4.78 is 47.6. The van der Waals surface area contributed by atoms with E-state index >= 15 is 0 Å². The van der Waals surface area contributed by atoms with Gasteiger partial charge in [0.1, 0.15) is 12.2 Å². The molecule has 5 aliphatic rings. The number of hydrogen-bond acceptors (Lipinski definition) is 6. The van der Waals surface area contributed by atoms with Crippen molar-refractivity contribution < 1.29 is 22.7 Å². The van der Waals surface area contributed by atoms with Crippen LogP contribution >= 0.6 is 23.5 Å². The van der Waals surface area contributed by atoms with Gasteiger partial charge in [-0.05, 0) is 156 Å². The lowest BCUT2D eigenvalue weighted by molar-refractivity contribution is -0.145. The Kier molecular flexibility index (Phi) is 11.3. The molecule has 4 aliphatic carbocycles. The van der Waals surface area contributed by atoms with Crippen molar-refractivity contribution in [1.29, 1.82) is 10.5 Å². The maximum atomic E-state index is 13.7. The number of esters is 1. The summed E-state index contributed by atoms with van der Waals surface area (Å²) in [6.45, 7) is 0. The van der Waals surface area contributed by atoms with Crippen LogP contribution in [0.2, 0.25) is 0 Å². The summed E-state index contributed by atoms with van der Waals surface area (Å²) in [4.78, 5) is 13.2. The highest BCUT2D eigenvalue weighted by molar-refractivity contribution is 8.25. The van der Waals surface area contributed by atoms with Crippen LogP contribution in [-0.2, 0) is 9.53 Å². The van der Waals surface area contributed by atoms with Crippen LogP contribution in [0.3, 0.4) is 0 Å². The number of hydrogen-bond donors (Lipinski definition) is 0. The minimum atomic E-state index is -1.40. The molecule has 1 aliphatic heterocycles. The number of rotatable bonds is 6. The number of thioether (sulfide) groups is 2. The van der Waals surface area contributed by atoms with Crippen LogP contribution < -0.4 is 0 Å². The highest BCUT2D eigenvalue weighted by atomic mass is 32.2. The van der Waals surface area contributed by atoms with Gasteiger partial charge in [0.05, 0.1) is 10.3 Å². The smallest absolute Gasteiger partial charge is 0.350 e. The first-order valence-electron chi connectivity index (χ1n) is 17.5. The van der Waals surface area contributed by atoms with Crippen molar-refractivity contribution in [2.45, 2.75) is 120 Å². The van der Waals surface area contributed by atoms with Crippen molar-refractivity contribution in [2.75, 3.05) is 5.75 Å². The third kappa shape index (κ3) is 7.78. The average molecular weight is 671 g/mol. The highest BCUT2D eigenvalue weighted by Crippen LogP contribution is 2.51. The fourth-order valence-corrected chi connectivity index (χ4v) is 12.4. The van der Waals surface area contributed by atoms with Gasteiger partial charge in [-0.1, -0.05) is 0 Å². The molecule has 1 unspecified atom stereocenters. The van der Waals surface area contributed by atoms with Crippen LogP contribution in [0.1, 0.15) is 114 Å². The van der Waals surface area contributed by atoms with Crippen LogP contribution in [0.15, 0.2) is 21.9 Å². The lowest BCUT2D eigenvalue weighted by Crippen LogP contribution is -2.30. The van der Waals surface area contributed by atoms with Gasteiger partial charge in [-0.25, -0.2) is 18.0 Å². The quantitative estimate of drug-likeness (QED) is 0.130. The molecule has 1 aromatic carbocycles. The van der Waals surface area contributed by atoms with Gasteiger partial charge < -0.3 is 4.74 Å². The molecule has 0 aromatic heterocycles. The monoisotopic (exact) mass is 670 g/mol. The zero-order valence-electron chi connectivity index (χ0n) is 26.5. The van der Waals surface area contributed by atoms with E-state index in [2.05, 4.69) is 12.1 Å². The largest absolute Gasteiger partial charge is 0.458 e. The van der Waals surface area contributed by atoms with E-state index in [9.17, 15) is 28.5 Å². The molecular formula is C37H45F3N2O2S2. The van der Waals surface area contributed by atoms with Gasteiger partial charge in [-0.2, -0.15) is 10.5 Å². The molecule has 4 saturated carbocycles. The second-order valence-electron chi connectivity index (χ2n) is 14.5. The van der Waals surface area contributed by atoms with Crippen LogP contribution in [-0.4, -0.2) is 23.1 Å². The summed E-state index contributed by atoms with van der Waals surface area (Å²) in [6, 6.07) is 6.92. The van der Waals surface area contributed by atoms with Crippen LogP contribution in [0.25, 0.3) is 0 Å². The normalized spacial score (nSPS) is 36.3. The molecule has 1 atom stereocenters. The van der Waals surface area contributed by atoms with Crippen molar-refractivity contribution in [3.8, 4) is 12.1 Å². The molecule has 0 amide bonds. The van der Waals surface area contributed by atoms with Crippen molar-refractivity contribution in [1.82, 2.24) is 0 Å². The number of carbonyl (C=O) groups excluding carboxylic acids is 1. The van der Waals surface area contributed by atoms with Gasteiger partial charge in [-0.15, -0.1) is 23.5 Å². The van der Waals surface area contributed by atoms with Gasteiger partial charge in [0.25, 0.3) is 0 Å². The third-order valence-electron chi connectivity index (χ3n) is 12.0. The van der Waals surface area contributed by atoms with E-state index < -0.39 is 23.4 Å². The molecule has 0 radical (unpaired) electrons. The first-order valence-corrected chi connectivity index (χ1v) is 19.4. The Hall–Kier alpha value is -2.10. The molecular weight excluding hydrogens is 626 g/mol. The Morgan fingerprint density at radius 1 is 0.717 bits per heavy atom. The fraction of sp³-hybridized carbons (Fsp3) is 0.703. The van der Waals surface area contributed by atoms with Crippen molar-refractivity contribution in [2.24, 2.45) is 35.5 Å². The molecule has 1 saturated heterocycles. The van der Waals surface area contributed by atoms with Gasteiger partial charge in [0.2, 0.25) is 0 Å².